The van der Waals surface area contributed by atoms with Crippen LogP contribution in [0.15, 0.2) is 55.4 Å². The quantitative estimate of drug-likeness (QED) is 0.663. The Hall–Kier alpha value is -3.46. The smallest absolute Gasteiger partial charge is 0.315 e. The monoisotopic (exact) mass is 394 g/mol. The van der Waals surface area contributed by atoms with Crippen molar-refractivity contribution in [3.05, 3.63) is 66.5 Å². The molecule has 29 heavy (non-hydrogen) atoms. The molecule has 3 aromatic rings. The maximum Gasteiger partial charge on any atom is 0.315 e. The normalized spacial score (nSPS) is 18.4. The Bertz CT molecular complexity index is 945. The zero-order valence-corrected chi connectivity index (χ0v) is 16.0. The van der Waals surface area contributed by atoms with Crippen LogP contribution in [0.4, 0.5) is 4.79 Å². The third kappa shape index (κ3) is 4.52. The first-order valence-corrected chi connectivity index (χ1v) is 9.32. The number of nitrogens with one attached hydrogen (secondary N) is 2. The van der Waals surface area contributed by atoms with Crippen molar-refractivity contribution in [2.24, 2.45) is 0 Å². The molecule has 1 aliphatic heterocycles. The summed E-state index contributed by atoms with van der Waals surface area (Å²) in [6, 6.07) is 7.10. The lowest BCUT2D eigenvalue weighted by Gasteiger charge is -2.20. The highest BCUT2D eigenvalue weighted by atomic mass is 16.5. The molecule has 4 heterocycles. The number of rotatable bonds is 6. The SMILES string of the molecule is COc1ccc([C@@H]2OCC[C@H]2NC(=O)NCc2ccnc(-n3ccnc3)c2)cn1. The van der Waals surface area contributed by atoms with Gasteiger partial charge in [0.15, 0.2) is 0 Å². The molecule has 0 spiro atoms. The average Bonchev–Trinajstić information content (AvgIpc) is 3.45. The van der Waals surface area contributed by atoms with Crippen LogP contribution in [-0.2, 0) is 11.3 Å². The first kappa shape index (κ1) is 18.9. The largest absolute Gasteiger partial charge is 0.481 e. The molecule has 9 nitrogen and oxygen atoms in total. The van der Waals surface area contributed by atoms with E-state index in [1.54, 1.807) is 38.1 Å². The van der Waals surface area contributed by atoms with Crippen LogP contribution >= 0.6 is 0 Å². The molecule has 2 N–H and O–H groups in total. The summed E-state index contributed by atoms with van der Waals surface area (Å²) in [6.45, 7) is 0.971. The second-order valence-electron chi connectivity index (χ2n) is 6.64. The van der Waals surface area contributed by atoms with Gasteiger partial charge in [-0.15, -0.1) is 0 Å². The molecule has 3 aromatic heterocycles. The van der Waals surface area contributed by atoms with Gasteiger partial charge in [-0.25, -0.2) is 19.7 Å². The molecule has 150 valence electrons. The molecule has 0 saturated carbocycles. The second kappa shape index (κ2) is 8.70. The van der Waals surface area contributed by atoms with Crippen LogP contribution in [-0.4, -0.2) is 45.3 Å². The van der Waals surface area contributed by atoms with Gasteiger partial charge in [0.1, 0.15) is 18.2 Å². The molecule has 0 radical (unpaired) electrons. The topological polar surface area (TPSA) is 103 Å². The summed E-state index contributed by atoms with van der Waals surface area (Å²) in [5.74, 6) is 1.29. The van der Waals surface area contributed by atoms with Gasteiger partial charge in [0, 0.05) is 49.6 Å². The number of aromatic nitrogens is 4. The molecule has 0 bridgehead atoms. The lowest BCUT2D eigenvalue weighted by Crippen LogP contribution is -2.43. The van der Waals surface area contributed by atoms with Crippen molar-refractivity contribution in [2.45, 2.75) is 25.1 Å². The van der Waals surface area contributed by atoms with Crippen LogP contribution in [0.1, 0.15) is 23.7 Å². The Kier molecular flexibility index (Phi) is 5.66. The molecule has 2 atom stereocenters. The standard InChI is InChI=1S/C20H22N6O3/c1-28-18-3-2-15(12-23-18)19-16(5-9-29-19)25-20(27)24-11-14-4-6-22-17(10-14)26-8-7-21-13-26/h2-4,6-8,10,12-13,16,19H,5,9,11H2,1H3,(H2,24,25,27)/t16-,19+/m1/s1. The molecule has 9 heteroatoms. The summed E-state index contributed by atoms with van der Waals surface area (Å²) >= 11 is 0. The number of hydrogen-bond acceptors (Lipinski definition) is 6. The van der Waals surface area contributed by atoms with Gasteiger partial charge in [-0.05, 0) is 30.2 Å². The first-order valence-electron chi connectivity index (χ1n) is 9.32. The number of nitrogens with zero attached hydrogens (tertiary/aromatic N) is 4. The molecular weight excluding hydrogens is 372 g/mol. The number of urea groups is 1. The molecule has 0 aliphatic carbocycles. The van der Waals surface area contributed by atoms with E-state index in [-0.39, 0.29) is 18.2 Å². The van der Waals surface area contributed by atoms with Crippen molar-refractivity contribution >= 4 is 6.03 Å². The van der Waals surface area contributed by atoms with E-state index in [0.29, 0.717) is 19.0 Å². The van der Waals surface area contributed by atoms with E-state index in [0.717, 1.165) is 23.4 Å². The highest BCUT2D eigenvalue weighted by Crippen LogP contribution is 2.29. The first-order chi connectivity index (χ1) is 14.2. The fourth-order valence-corrected chi connectivity index (χ4v) is 3.25. The number of hydrogen-bond donors (Lipinski definition) is 2. The number of carbonyl (C=O) groups excluding carboxylic acids is 1. The van der Waals surface area contributed by atoms with Crippen molar-refractivity contribution in [1.82, 2.24) is 30.2 Å². The average molecular weight is 394 g/mol. The number of carbonyl (C=O) groups is 1. The number of ether oxygens (including phenoxy) is 2. The van der Waals surface area contributed by atoms with Gasteiger partial charge < -0.3 is 20.1 Å². The van der Waals surface area contributed by atoms with E-state index in [1.807, 2.05) is 29.0 Å². The van der Waals surface area contributed by atoms with Crippen LogP contribution in [0.2, 0.25) is 0 Å². The summed E-state index contributed by atoms with van der Waals surface area (Å²) < 4.78 is 12.7. The summed E-state index contributed by atoms with van der Waals surface area (Å²) in [7, 11) is 1.57. The zero-order chi connectivity index (χ0) is 20.1. The lowest BCUT2D eigenvalue weighted by atomic mass is 10.0. The van der Waals surface area contributed by atoms with E-state index in [1.165, 1.54) is 0 Å². The molecule has 0 unspecified atom stereocenters. The number of pyridine rings is 2. The number of imidazole rings is 1. The van der Waals surface area contributed by atoms with Crippen molar-refractivity contribution in [3.8, 4) is 11.7 Å². The Morgan fingerprint density at radius 3 is 3.00 bits per heavy atom. The molecular formula is C20H22N6O3. The molecule has 2 amide bonds. The van der Waals surface area contributed by atoms with Crippen LogP contribution < -0.4 is 15.4 Å². The second-order valence-corrected chi connectivity index (χ2v) is 6.64. The van der Waals surface area contributed by atoms with E-state index >= 15 is 0 Å². The van der Waals surface area contributed by atoms with E-state index in [9.17, 15) is 4.79 Å². The van der Waals surface area contributed by atoms with Gasteiger partial charge in [-0.3, -0.25) is 4.57 Å². The molecule has 1 aliphatic rings. The third-order valence-corrected chi connectivity index (χ3v) is 4.74. The van der Waals surface area contributed by atoms with Crippen LogP contribution in [0.5, 0.6) is 5.88 Å². The van der Waals surface area contributed by atoms with Crippen molar-refractivity contribution in [2.75, 3.05) is 13.7 Å². The van der Waals surface area contributed by atoms with E-state index in [2.05, 4.69) is 25.6 Å². The van der Waals surface area contributed by atoms with Gasteiger partial charge in [0.2, 0.25) is 5.88 Å². The summed E-state index contributed by atoms with van der Waals surface area (Å²) in [5, 5.41) is 5.90. The maximum absolute atomic E-state index is 12.4. The highest BCUT2D eigenvalue weighted by molar-refractivity contribution is 5.74. The minimum Gasteiger partial charge on any atom is -0.481 e. The summed E-state index contributed by atoms with van der Waals surface area (Å²) in [5.41, 5.74) is 1.85. The van der Waals surface area contributed by atoms with Crippen molar-refractivity contribution in [1.29, 1.82) is 0 Å². The van der Waals surface area contributed by atoms with Gasteiger partial charge >= 0.3 is 6.03 Å². The third-order valence-electron chi connectivity index (χ3n) is 4.74. The molecule has 1 saturated heterocycles. The van der Waals surface area contributed by atoms with Crippen LogP contribution in [0, 0.1) is 0 Å². The minimum atomic E-state index is -0.243. The summed E-state index contributed by atoms with van der Waals surface area (Å²) in [6.07, 6.45) is 9.13. The highest BCUT2D eigenvalue weighted by Gasteiger charge is 2.31. The molecule has 4 rings (SSSR count). The number of methoxy groups -OCH3 is 1. The molecule has 0 aromatic carbocycles. The van der Waals surface area contributed by atoms with Gasteiger partial charge in [0.25, 0.3) is 0 Å². The van der Waals surface area contributed by atoms with Crippen molar-refractivity contribution in [3.63, 3.8) is 0 Å². The predicted octanol–water partition coefficient (Wildman–Crippen LogP) is 2.00. The van der Waals surface area contributed by atoms with Crippen LogP contribution in [0.25, 0.3) is 5.82 Å². The Morgan fingerprint density at radius 1 is 1.31 bits per heavy atom. The Morgan fingerprint density at radius 2 is 2.24 bits per heavy atom. The van der Waals surface area contributed by atoms with Crippen LogP contribution in [0.3, 0.4) is 0 Å². The van der Waals surface area contributed by atoms with E-state index < -0.39 is 0 Å². The Labute approximate surface area is 168 Å². The minimum absolute atomic E-state index is 0.121. The maximum atomic E-state index is 12.4. The van der Waals surface area contributed by atoms with Crippen molar-refractivity contribution < 1.29 is 14.3 Å². The van der Waals surface area contributed by atoms with E-state index in [4.69, 9.17) is 9.47 Å². The van der Waals surface area contributed by atoms with Gasteiger partial charge in [0.05, 0.1) is 13.2 Å². The van der Waals surface area contributed by atoms with Gasteiger partial charge in [-0.1, -0.05) is 0 Å². The lowest BCUT2D eigenvalue weighted by molar-refractivity contribution is 0.0995. The summed E-state index contributed by atoms with van der Waals surface area (Å²) in [4.78, 5) is 25.0. The Balaban J connectivity index is 1.34. The fourth-order valence-electron chi connectivity index (χ4n) is 3.25. The number of amides is 2. The fraction of sp³-hybridized carbons (Fsp3) is 0.300. The molecule has 1 fully saturated rings. The predicted molar refractivity (Wildman–Crippen MR) is 105 cm³/mol. The zero-order valence-electron chi connectivity index (χ0n) is 16.0. The van der Waals surface area contributed by atoms with Gasteiger partial charge in [-0.2, -0.15) is 0 Å².